The van der Waals surface area contributed by atoms with Crippen LogP contribution < -0.4 is 4.74 Å². The Morgan fingerprint density at radius 1 is 1.14 bits per heavy atom. The van der Waals surface area contributed by atoms with E-state index in [0.717, 1.165) is 11.1 Å². The summed E-state index contributed by atoms with van der Waals surface area (Å²) in [4.78, 5) is 22.1. The molecular weight excluding hydrogens is 479 g/mol. The Morgan fingerprint density at radius 2 is 1.86 bits per heavy atom. The summed E-state index contributed by atoms with van der Waals surface area (Å²) in [6.45, 7) is 9.57. The van der Waals surface area contributed by atoms with Gasteiger partial charge in [0, 0.05) is 41.6 Å². The molecule has 37 heavy (non-hydrogen) atoms. The van der Waals surface area contributed by atoms with Gasteiger partial charge in [-0.15, -0.1) is 0 Å². The molecule has 1 saturated carbocycles. The van der Waals surface area contributed by atoms with Crippen LogP contribution in [0, 0.1) is 18.2 Å². The maximum atomic E-state index is 15.1. The normalized spacial score (nSPS) is 27.9. The van der Waals surface area contributed by atoms with Gasteiger partial charge in [-0.05, 0) is 30.5 Å². The number of carbonyl (C=O) groups is 1. The van der Waals surface area contributed by atoms with Gasteiger partial charge < -0.3 is 29.5 Å². The van der Waals surface area contributed by atoms with Crippen LogP contribution in [0.15, 0.2) is 30.7 Å². The number of nitrogens with zero attached hydrogens (tertiary/aromatic N) is 4. The van der Waals surface area contributed by atoms with E-state index in [9.17, 15) is 20.1 Å². The highest BCUT2D eigenvalue weighted by molar-refractivity contribution is 5.78. The maximum Gasteiger partial charge on any atom is 0.407 e. The van der Waals surface area contributed by atoms with Crippen LogP contribution in [0.2, 0.25) is 0 Å². The largest absolute Gasteiger partial charge is 0.487 e. The number of aryl methyl sites for hydroxylation is 1. The number of halogens is 1. The molecule has 1 aromatic carbocycles. The third-order valence-electron chi connectivity index (χ3n) is 7.75. The fraction of sp³-hybridized carbons (Fsp3) is 0.519. The molecule has 198 valence electrons. The fourth-order valence-corrected chi connectivity index (χ4v) is 6.10. The molecule has 10 heteroatoms. The molecule has 1 aliphatic heterocycles. The zero-order valence-electron chi connectivity index (χ0n) is 21.6. The molecule has 0 bridgehead atoms. The highest BCUT2D eigenvalue weighted by Crippen LogP contribution is 2.50. The minimum absolute atomic E-state index is 0.166. The average Bonchev–Trinajstić information content (AvgIpc) is 3.37. The SMILES string of the molecule is Cc1ncnc2c1ccn2[C@@H]1C[C@H](Oc2ccc(F)c3c2C(C(C)(C)C)N(C(=O)O)CC3C)[C@@H](O)[C@H]1O. The lowest BCUT2D eigenvalue weighted by Gasteiger charge is -2.45. The minimum Gasteiger partial charge on any atom is -0.487 e. The molecule has 3 N–H and O–H groups in total. The lowest BCUT2D eigenvalue weighted by molar-refractivity contribution is -0.0176. The first-order valence-electron chi connectivity index (χ1n) is 12.5. The number of benzene rings is 1. The molecule has 0 saturated heterocycles. The number of ether oxygens (including phenoxy) is 1. The summed E-state index contributed by atoms with van der Waals surface area (Å²) in [6.07, 6.45) is -0.661. The van der Waals surface area contributed by atoms with Crippen molar-refractivity contribution in [3.8, 4) is 5.75 Å². The summed E-state index contributed by atoms with van der Waals surface area (Å²) < 4.78 is 23.3. The number of hydrogen-bond acceptors (Lipinski definition) is 6. The third-order valence-corrected chi connectivity index (χ3v) is 7.75. The molecule has 9 nitrogen and oxygen atoms in total. The zero-order valence-corrected chi connectivity index (χ0v) is 21.6. The van der Waals surface area contributed by atoms with Gasteiger partial charge in [-0.25, -0.2) is 19.2 Å². The second kappa shape index (κ2) is 8.95. The predicted molar refractivity (Wildman–Crippen MR) is 134 cm³/mol. The molecule has 6 atom stereocenters. The highest BCUT2D eigenvalue weighted by atomic mass is 19.1. The number of aliphatic hydroxyl groups excluding tert-OH is 2. The topological polar surface area (TPSA) is 121 Å². The Balaban J connectivity index is 1.54. The van der Waals surface area contributed by atoms with Crippen molar-refractivity contribution in [1.29, 1.82) is 0 Å². The lowest BCUT2D eigenvalue weighted by atomic mass is 9.74. The molecule has 3 aromatic rings. The number of fused-ring (bicyclic) bond motifs is 2. The first-order chi connectivity index (χ1) is 17.4. The number of aromatic nitrogens is 3. The average molecular weight is 513 g/mol. The van der Waals surface area contributed by atoms with Gasteiger partial charge >= 0.3 is 6.09 Å². The molecule has 2 unspecified atom stereocenters. The number of aliphatic hydroxyl groups is 2. The van der Waals surface area contributed by atoms with Crippen LogP contribution in [-0.4, -0.2) is 65.7 Å². The van der Waals surface area contributed by atoms with Crippen LogP contribution in [0.1, 0.15) is 68.9 Å². The van der Waals surface area contributed by atoms with Crippen molar-refractivity contribution in [3.05, 3.63) is 53.4 Å². The minimum atomic E-state index is -1.21. The van der Waals surface area contributed by atoms with E-state index in [1.807, 2.05) is 44.5 Å². The van der Waals surface area contributed by atoms with Crippen molar-refractivity contribution >= 4 is 17.1 Å². The summed E-state index contributed by atoms with van der Waals surface area (Å²) in [6, 6.07) is 3.54. The molecule has 5 rings (SSSR count). The van der Waals surface area contributed by atoms with E-state index >= 15 is 4.39 Å². The first kappa shape index (κ1) is 25.4. The molecular formula is C27H33FN4O5. The van der Waals surface area contributed by atoms with Gasteiger partial charge in [0.15, 0.2) is 0 Å². The summed E-state index contributed by atoms with van der Waals surface area (Å²) >= 11 is 0. The van der Waals surface area contributed by atoms with Crippen molar-refractivity contribution in [3.63, 3.8) is 0 Å². The Hall–Kier alpha value is -3.24. The molecule has 0 spiro atoms. The Morgan fingerprint density at radius 3 is 2.54 bits per heavy atom. The Labute approximate surface area is 214 Å². The van der Waals surface area contributed by atoms with E-state index in [0.29, 0.717) is 22.5 Å². The Kier molecular flexibility index (Phi) is 6.15. The van der Waals surface area contributed by atoms with Crippen molar-refractivity contribution in [2.75, 3.05) is 6.54 Å². The molecule has 2 aromatic heterocycles. The third kappa shape index (κ3) is 4.12. The summed E-state index contributed by atoms with van der Waals surface area (Å²) in [5.74, 6) is -0.469. The monoisotopic (exact) mass is 512 g/mol. The second-order valence-electron chi connectivity index (χ2n) is 11.3. The zero-order chi connectivity index (χ0) is 26.8. The van der Waals surface area contributed by atoms with E-state index in [4.69, 9.17) is 4.74 Å². The van der Waals surface area contributed by atoms with Gasteiger partial charge in [-0.3, -0.25) is 0 Å². The van der Waals surface area contributed by atoms with Gasteiger partial charge in [-0.2, -0.15) is 0 Å². The second-order valence-corrected chi connectivity index (χ2v) is 11.3. The standard InChI is InChI=1S/C27H33FN4O5/c1-13-11-32(26(35)36)24(27(3,4)5)21-18(7-6-16(28)20(13)21)37-19-10-17(22(33)23(19)34)31-9-8-15-14(2)29-12-30-25(15)31/h6-9,12-13,17,19,22-24,33-34H,10-11H2,1-5H3,(H,35,36)/t13?,17-,19+,22+,23-,24?/m1/s1. The van der Waals surface area contributed by atoms with Crippen LogP contribution in [0.4, 0.5) is 9.18 Å². The number of carboxylic acid groups (broad SMARTS) is 1. The Bertz CT molecular complexity index is 1350. The van der Waals surface area contributed by atoms with Crippen molar-refractivity contribution in [2.45, 2.75) is 77.4 Å². The lowest BCUT2D eigenvalue weighted by Crippen LogP contribution is -2.46. The van der Waals surface area contributed by atoms with E-state index in [-0.39, 0.29) is 18.9 Å². The van der Waals surface area contributed by atoms with E-state index < -0.39 is 47.7 Å². The van der Waals surface area contributed by atoms with Gasteiger partial charge in [-0.1, -0.05) is 27.7 Å². The van der Waals surface area contributed by atoms with Crippen molar-refractivity contribution in [1.82, 2.24) is 19.4 Å². The molecule has 3 heterocycles. The molecule has 1 aliphatic carbocycles. The van der Waals surface area contributed by atoms with Gasteiger partial charge in [0.05, 0.1) is 17.8 Å². The summed E-state index contributed by atoms with van der Waals surface area (Å²) in [7, 11) is 0. The quantitative estimate of drug-likeness (QED) is 0.481. The van der Waals surface area contributed by atoms with Crippen LogP contribution in [0.25, 0.3) is 11.0 Å². The summed E-state index contributed by atoms with van der Waals surface area (Å²) in [5.41, 5.74) is 1.82. The highest BCUT2D eigenvalue weighted by Gasteiger charge is 2.47. The smallest absolute Gasteiger partial charge is 0.407 e. The number of hydrogen-bond donors (Lipinski definition) is 3. The van der Waals surface area contributed by atoms with Crippen LogP contribution in [0.3, 0.4) is 0 Å². The van der Waals surface area contributed by atoms with Crippen LogP contribution in [-0.2, 0) is 0 Å². The summed E-state index contributed by atoms with van der Waals surface area (Å²) in [5, 5.41) is 32.8. The van der Waals surface area contributed by atoms with Gasteiger partial charge in [0.25, 0.3) is 0 Å². The molecule has 1 fully saturated rings. The van der Waals surface area contributed by atoms with Gasteiger partial charge in [0.2, 0.25) is 0 Å². The fourth-order valence-electron chi connectivity index (χ4n) is 6.10. The van der Waals surface area contributed by atoms with E-state index in [2.05, 4.69) is 9.97 Å². The first-order valence-corrected chi connectivity index (χ1v) is 12.5. The van der Waals surface area contributed by atoms with E-state index in [1.165, 1.54) is 23.4 Å². The predicted octanol–water partition coefficient (Wildman–Crippen LogP) is 4.18. The molecule has 0 radical (unpaired) electrons. The van der Waals surface area contributed by atoms with Crippen molar-refractivity contribution in [2.24, 2.45) is 5.41 Å². The van der Waals surface area contributed by atoms with Crippen LogP contribution in [0.5, 0.6) is 5.75 Å². The number of rotatable bonds is 3. The van der Waals surface area contributed by atoms with Gasteiger partial charge in [0.1, 0.15) is 41.9 Å². The van der Waals surface area contributed by atoms with Crippen LogP contribution >= 0.6 is 0 Å². The number of amides is 1. The maximum absolute atomic E-state index is 15.1. The molecule has 2 aliphatic rings. The molecule has 1 amide bonds. The van der Waals surface area contributed by atoms with E-state index in [1.54, 1.807) is 6.92 Å². The van der Waals surface area contributed by atoms with Crippen molar-refractivity contribution < 1.29 is 29.2 Å².